The van der Waals surface area contributed by atoms with Crippen molar-refractivity contribution >= 4 is 5.96 Å². The van der Waals surface area contributed by atoms with Crippen LogP contribution in [0.25, 0.3) is 0 Å². The number of hydrogen-bond donors (Lipinski definition) is 2. The van der Waals surface area contributed by atoms with Crippen LogP contribution in [0.4, 0.5) is 0 Å². The number of rotatable bonds is 8. The molecule has 0 aliphatic carbocycles. The lowest BCUT2D eigenvalue weighted by Crippen LogP contribution is -2.39. The van der Waals surface area contributed by atoms with Crippen LogP contribution in [0.3, 0.4) is 0 Å². The molecule has 0 fully saturated rings. The highest BCUT2D eigenvalue weighted by Gasteiger charge is 2.04. The predicted molar refractivity (Wildman–Crippen MR) is 89.6 cm³/mol. The first kappa shape index (κ1) is 17.5. The molecular weight excluding hydrogens is 262 g/mol. The Morgan fingerprint density at radius 3 is 2.48 bits per heavy atom. The van der Waals surface area contributed by atoms with Crippen molar-refractivity contribution in [2.75, 3.05) is 26.7 Å². The third-order valence-electron chi connectivity index (χ3n) is 3.15. The van der Waals surface area contributed by atoms with E-state index < -0.39 is 0 Å². The van der Waals surface area contributed by atoms with Crippen LogP contribution in [0.1, 0.15) is 38.9 Å². The molecule has 0 spiro atoms. The van der Waals surface area contributed by atoms with E-state index in [9.17, 15) is 0 Å². The molecule has 0 aromatic heterocycles. The molecule has 0 aliphatic rings. The first-order valence-electron chi connectivity index (χ1n) is 7.74. The van der Waals surface area contributed by atoms with E-state index in [0.29, 0.717) is 5.92 Å². The summed E-state index contributed by atoms with van der Waals surface area (Å²) in [6.45, 7) is 8.98. The van der Waals surface area contributed by atoms with Crippen LogP contribution >= 0.6 is 0 Å². The summed E-state index contributed by atoms with van der Waals surface area (Å²) in [5.41, 5.74) is 1.22. The van der Waals surface area contributed by atoms with E-state index in [-0.39, 0.29) is 6.10 Å². The molecule has 1 aromatic rings. The van der Waals surface area contributed by atoms with Gasteiger partial charge in [0.05, 0.1) is 6.10 Å². The second-order valence-corrected chi connectivity index (χ2v) is 5.55. The number of nitrogens with one attached hydrogen (secondary N) is 2. The molecule has 0 bridgehead atoms. The highest BCUT2D eigenvalue weighted by molar-refractivity contribution is 5.79. The third-order valence-corrected chi connectivity index (χ3v) is 3.15. The van der Waals surface area contributed by atoms with E-state index >= 15 is 0 Å². The largest absolute Gasteiger partial charge is 0.374 e. The fourth-order valence-corrected chi connectivity index (χ4v) is 1.88. The topological polar surface area (TPSA) is 45.7 Å². The second kappa shape index (κ2) is 10.2. The summed E-state index contributed by atoms with van der Waals surface area (Å²) < 4.78 is 5.84. The van der Waals surface area contributed by atoms with Crippen LogP contribution < -0.4 is 10.6 Å². The van der Waals surface area contributed by atoms with Crippen LogP contribution in [0.15, 0.2) is 35.3 Å². The zero-order valence-corrected chi connectivity index (χ0v) is 13.7. The van der Waals surface area contributed by atoms with E-state index in [4.69, 9.17) is 4.74 Å². The van der Waals surface area contributed by atoms with Crippen molar-refractivity contribution in [3.8, 4) is 0 Å². The average Bonchev–Trinajstić information content (AvgIpc) is 2.50. The second-order valence-electron chi connectivity index (χ2n) is 5.55. The molecular formula is C17H29N3O. The Balaban J connectivity index is 2.13. The van der Waals surface area contributed by atoms with Gasteiger partial charge in [0.25, 0.3) is 0 Å². The van der Waals surface area contributed by atoms with Crippen molar-refractivity contribution in [3.63, 3.8) is 0 Å². The van der Waals surface area contributed by atoms with Crippen LogP contribution in [0.2, 0.25) is 0 Å². The highest BCUT2D eigenvalue weighted by Crippen LogP contribution is 2.15. The molecule has 1 rings (SSSR count). The Kier molecular flexibility index (Phi) is 8.51. The molecule has 118 valence electrons. The lowest BCUT2D eigenvalue weighted by atomic mass is 10.1. The Hall–Kier alpha value is -1.55. The van der Waals surface area contributed by atoms with E-state index in [1.54, 1.807) is 7.05 Å². The number of guanidine groups is 1. The summed E-state index contributed by atoms with van der Waals surface area (Å²) in [6.07, 6.45) is 1.10. The Bertz CT molecular complexity index is 404. The van der Waals surface area contributed by atoms with Gasteiger partial charge >= 0.3 is 0 Å². The van der Waals surface area contributed by atoms with Crippen LogP contribution in [-0.4, -0.2) is 32.7 Å². The molecule has 0 amide bonds. The van der Waals surface area contributed by atoms with Crippen molar-refractivity contribution in [2.45, 2.75) is 33.3 Å². The van der Waals surface area contributed by atoms with Crippen LogP contribution in [0, 0.1) is 5.92 Å². The van der Waals surface area contributed by atoms with Crippen LogP contribution in [-0.2, 0) is 4.74 Å². The molecule has 4 heteroatoms. The number of benzene rings is 1. The van der Waals surface area contributed by atoms with Crippen molar-refractivity contribution in [1.29, 1.82) is 0 Å². The molecule has 2 N–H and O–H groups in total. The molecule has 1 atom stereocenters. The Labute approximate surface area is 129 Å². The molecule has 1 unspecified atom stereocenters. The van der Waals surface area contributed by atoms with Gasteiger partial charge in [0.2, 0.25) is 0 Å². The fourth-order valence-electron chi connectivity index (χ4n) is 1.88. The van der Waals surface area contributed by atoms with Gasteiger partial charge in [-0.2, -0.15) is 0 Å². The first-order chi connectivity index (χ1) is 10.1. The van der Waals surface area contributed by atoms with Gasteiger partial charge in [0, 0.05) is 26.7 Å². The predicted octanol–water partition coefficient (Wildman–Crippen LogP) is 2.98. The molecule has 1 aromatic carbocycles. The quantitative estimate of drug-likeness (QED) is 0.440. The van der Waals surface area contributed by atoms with E-state index in [1.807, 2.05) is 18.2 Å². The monoisotopic (exact) mass is 291 g/mol. The first-order valence-corrected chi connectivity index (χ1v) is 7.74. The maximum absolute atomic E-state index is 5.84. The summed E-state index contributed by atoms with van der Waals surface area (Å²) in [5.74, 6) is 1.47. The molecule has 0 aliphatic heterocycles. The summed E-state index contributed by atoms with van der Waals surface area (Å²) >= 11 is 0. The molecule has 0 radical (unpaired) electrons. The van der Waals surface area contributed by atoms with Gasteiger partial charge in [0.15, 0.2) is 5.96 Å². The Morgan fingerprint density at radius 2 is 1.86 bits per heavy atom. The minimum Gasteiger partial charge on any atom is -0.374 e. The molecule has 21 heavy (non-hydrogen) atoms. The third kappa shape index (κ3) is 7.71. The number of nitrogens with zero attached hydrogens (tertiary/aromatic N) is 1. The van der Waals surface area contributed by atoms with Crippen LogP contribution in [0.5, 0.6) is 0 Å². The van der Waals surface area contributed by atoms with E-state index in [2.05, 4.69) is 48.5 Å². The van der Waals surface area contributed by atoms with Crippen molar-refractivity contribution < 1.29 is 4.74 Å². The van der Waals surface area contributed by atoms with E-state index in [0.717, 1.165) is 32.1 Å². The smallest absolute Gasteiger partial charge is 0.190 e. The zero-order valence-electron chi connectivity index (χ0n) is 13.7. The van der Waals surface area contributed by atoms with Gasteiger partial charge in [-0.1, -0.05) is 44.2 Å². The number of aliphatic imine (C=N–C) groups is 1. The fraction of sp³-hybridized carbons (Fsp3) is 0.588. The minimum atomic E-state index is 0.143. The molecule has 0 saturated carbocycles. The SMILES string of the molecule is CN=C(NCCCOC(C)c1ccccc1)NCC(C)C. The lowest BCUT2D eigenvalue weighted by Gasteiger charge is -2.15. The highest BCUT2D eigenvalue weighted by atomic mass is 16.5. The van der Waals surface area contributed by atoms with Gasteiger partial charge < -0.3 is 15.4 Å². The van der Waals surface area contributed by atoms with Gasteiger partial charge in [-0.3, -0.25) is 4.99 Å². The van der Waals surface area contributed by atoms with Crippen molar-refractivity contribution in [1.82, 2.24) is 10.6 Å². The average molecular weight is 291 g/mol. The van der Waals surface area contributed by atoms with Gasteiger partial charge in [-0.15, -0.1) is 0 Å². The number of hydrogen-bond acceptors (Lipinski definition) is 2. The van der Waals surface area contributed by atoms with Gasteiger partial charge in [-0.05, 0) is 24.8 Å². The standard InChI is InChI=1S/C17H29N3O/c1-14(2)13-20-17(18-4)19-11-8-12-21-15(3)16-9-6-5-7-10-16/h5-7,9-10,14-15H,8,11-13H2,1-4H3,(H2,18,19,20). The molecule has 0 heterocycles. The molecule has 4 nitrogen and oxygen atoms in total. The summed E-state index contributed by atoms with van der Waals surface area (Å²) in [4.78, 5) is 4.19. The number of ether oxygens (including phenoxy) is 1. The van der Waals surface area contributed by atoms with Gasteiger partial charge in [-0.25, -0.2) is 0 Å². The van der Waals surface area contributed by atoms with E-state index in [1.165, 1.54) is 5.56 Å². The Morgan fingerprint density at radius 1 is 1.14 bits per heavy atom. The summed E-state index contributed by atoms with van der Waals surface area (Å²) in [6, 6.07) is 10.3. The van der Waals surface area contributed by atoms with Gasteiger partial charge in [0.1, 0.15) is 0 Å². The normalized spacial score (nSPS) is 13.3. The van der Waals surface area contributed by atoms with Crippen molar-refractivity contribution in [3.05, 3.63) is 35.9 Å². The zero-order chi connectivity index (χ0) is 15.5. The molecule has 0 saturated heterocycles. The summed E-state index contributed by atoms with van der Waals surface area (Å²) in [7, 11) is 1.80. The maximum Gasteiger partial charge on any atom is 0.190 e. The summed E-state index contributed by atoms with van der Waals surface area (Å²) in [5, 5.41) is 6.59. The minimum absolute atomic E-state index is 0.143. The lowest BCUT2D eigenvalue weighted by molar-refractivity contribution is 0.0646. The maximum atomic E-state index is 5.84. The van der Waals surface area contributed by atoms with Crippen molar-refractivity contribution in [2.24, 2.45) is 10.9 Å².